The fourth-order valence-corrected chi connectivity index (χ4v) is 2.67. The minimum Gasteiger partial charge on any atom is -0.495 e. The Kier molecular flexibility index (Phi) is 6.43. The van der Waals surface area contributed by atoms with Crippen molar-refractivity contribution >= 4 is 16.8 Å². The number of nitrogens with zero attached hydrogens (tertiary/aromatic N) is 1. The predicted octanol–water partition coefficient (Wildman–Crippen LogP) is 4.81. The van der Waals surface area contributed by atoms with Gasteiger partial charge < -0.3 is 14.8 Å². The van der Waals surface area contributed by atoms with Gasteiger partial charge >= 0.3 is 0 Å². The van der Waals surface area contributed by atoms with Crippen molar-refractivity contribution in [3.8, 4) is 11.5 Å². The zero-order valence-corrected chi connectivity index (χ0v) is 16.2. The number of aromatic nitrogens is 1. The van der Waals surface area contributed by atoms with E-state index in [0.717, 1.165) is 16.5 Å². The summed E-state index contributed by atoms with van der Waals surface area (Å²) in [4.78, 5) is 16.8. The number of benzene rings is 2. The van der Waals surface area contributed by atoms with Gasteiger partial charge in [-0.3, -0.25) is 9.78 Å². The van der Waals surface area contributed by atoms with E-state index in [9.17, 15) is 4.79 Å². The summed E-state index contributed by atoms with van der Waals surface area (Å²) >= 11 is 0. The van der Waals surface area contributed by atoms with E-state index in [2.05, 4.69) is 23.5 Å². The van der Waals surface area contributed by atoms with Crippen LogP contribution in [0.4, 0.5) is 0 Å². The Morgan fingerprint density at radius 1 is 1.14 bits per heavy atom. The molecular formula is C24H22N2O3. The van der Waals surface area contributed by atoms with Crippen LogP contribution in [-0.4, -0.2) is 18.0 Å². The van der Waals surface area contributed by atoms with E-state index in [1.807, 2.05) is 36.4 Å². The number of rotatable bonds is 8. The smallest absolute Gasteiger partial charge is 0.251 e. The van der Waals surface area contributed by atoms with E-state index in [4.69, 9.17) is 9.47 Å². The van der Waals surface area contributed by atoms with Crippen molar-refractivity contribution in [1.82, 2.24) is 10.3 Å². The average molecular weight is 386 g/mol. The molecule has 146 valence electrons. The van der Waals surface area contributed by atoms with E-state index >= 15 is 0 Å². The average Bonchev–Trinajstić information content (AvgIpc) is 2.76. The van der Waals surface area contributed by atoms with Crippen molar-refractivity contribution in [3.63, 3.8) is 0 Å². The number of nitrogens with one attached hydrogen (secondary N) is 1. The van der Waals surface area contributed by atoms with Crippen LogP contribution in [0.25, 0.3) is 10.9 Å². The SMILES string of the molecule is C=C/C=C\C(=C)Oc1ccc(CNC(=O)c2ccc3cc(OC)cnc3c2)cc1. The fraction of sp³-hybridized carbons (Fsp3) is 0.0833. The summed E-state index contributed by atoms with van der Waals surface area (Å²) in [7, 11) is 1.60. The molecule has 1 N–H and O–H groups in total. The lowest BCUT2D eigenvalue weighted by atomic mass is 10.1. The Bertz CT molecular complexity index is 1070. The van der Waals surface area contributed by atoms with Crippen LogP contribution in [0, 0.1) is 0 Å². The van der Waals surface area contributed by atoms with Gasteiger partial charge in [-0.05, 0) is 42.0 Å². The Morgan fingerprint density at radius 3 is 2.66 bits per heavy atom. The maximum Gasteiger partial charge on any atom is 0.251 e. The summed E-state index contributed by atoms with van der Waals surface area (Å²) in [6.45, 7) is 7.82. The number of hydrogen-bond acceptors (Lipinski definition) is 4. The third-order valence-corrected chi connectivity index (χ3v) is 4.20. The van der Waals surface area contributed by atoms with Crippen LogP contribution in [-0.2, 0) is 6.54 Å². The van der Waals surface area contributed by atoms with Crippen LogP contribution in [0.2, 0.25) is 0 Å². The maximum absolute atomic E-state index is 12.5. The van der Waals surface area contributed by atoms with Crippen LogP contribution in [0.15, 0.2) is 91.9 Å². The molecule has 5 heteroatoms. The predicted molar refractivity (Wildman–Crippen MR) is 115 cm³/mol. The molecule has 0 atom stereocenters. The van der Waals surface area contributed by atoms with Gasteiger partial charge in [0.1, 0.15) is 17.3 Å². The Labute approximate surface area is 170 Å². The molecule has 0 radical (unpaired) electrons. The maximum atomic E-state index is 12.5. The van der Waals surface area contributed by atoms with E-state index < -0.39 is 0 Å². The number of carbonyl (C=O) groups excluding carboxylic acids is 1. The van der Waals surface area contributed by atoms with Crippen molar-refractivity contribution in [3.05, 3.63) is 103 Å². The number of pyridine rings is 1. The molecule has 3 aromatic rings. The van der Waals surface area contributed by atoms with E-state index in [1.165, 1.54) is 0 Å². The largest absolute Gasteiger partial charge is 0.495 e. The Hall–Kier alpha value is -3.86. The number of ether oxygens (including phenoxy) is 2. The molecule has 1 heterocycles. The van der Waals surface area contributed by atoms with Gasteiger partial charge in [0.25, 0.3) is 5.91 Å². The van der Waals surface area contributed by atoms with E-state index in [1.54, 1.807) is 43.7 Å². The van der Waals surface area contributed by atoms with Gasteiger partial charge in [0, 0.05) is 17.5 Å². The standard InChI is InChI=1S/C24H22N2O3/c1-4-5-6-17(2)29-21-11-7-18(8-12-21)15-26-24(27)20-10-9-19-13-22(28-3)16-25-23(19)14-20/h4-14,16H,1-2,15H2,3H3,(H,26,27)/b6-5-. The highest BCUT2D eigenvalue weighted by atomic mass is 16.5. The zero-order chi connectivity index (χ0) is 20.6. The lowest BCUT2D eigenvalue weighted by molar-refractivity contribution is 0.0951. The Balaban J connectivity index is 1.60. The van der Waals surface area contributed by atoms with Crippen molar-refractivity contribution in [2.75, 3.05) is 7.11 Å². The number of fused-ring (bicyclic) bond motifs is 1. The third kappa shape index (κ3) is 5.32. The lowest BCUT2D eigenvalue weighted by Crippen LogP contribution is -2.22. The van der Waals surface area contributed by atoms with Crippen molar-refractivity contribution in [1.29, 1.82) is 0 Å². The molecule has 2 aromatic carbocycles. The minimum absolute atomic E-state index is 0.159. The van der Waals surface area contributed by atoms with Crippen molar-refractivity contribution in [2.45, 2.75) is 6.54 Å². The monoisotopic (exact) mass is 386 g/mol. The molecule has 0 aliphatic rings. The van der Waals surface area contributed by atoms with Gasteiger partial charge in [0.15, 0.2) is 0 Å². The van der Waals surface area contributed by atoms with Crippen LogP contribution in [0.5, 0.6) is 11.5 Å². The molecule has 0 fully saturated rings. The molecule has 0 aliphatic heterocycles. The molecule has 3 rings (SSSR count). The van der Waals surface area contributed by atoms with Gasteiger partial charge in [0.2, 0.25) is 0 Å². The first kappa shape index (κ1) is 19.9. The molecule has 5 nitrogen and oxygen atoms in total. The molecule has 0 saturated carbocycles. The third-order valence-electron chi connectivity index (χ3n) is 4.20. The van der Waals surface area contributed by atoms with Crippen molar-refractivity contribution in [2.24, 2.45) is 0 Å². The number of carbonyl (C=O) groups is 1. The molecule has 0 spiro atoms. The molecular weight excluding hydrogens is 364 g/mol. The quantitative estimate of drug-likeness (QED) is 0.446. The highest BCUT2D eigenvalue weighted by molar-refractivity contribution is 5.97. The molecule has 0 aliphatic carbocycles. The molecule has 1 amide bonds. The first-order valence-electron chi connectivity index (χ1n) is 9.06. The molecule has 0 unspecified atom stereocenters. The summed E-state index contributed by atoms with van der Waals surface area (Å²) < 4.78 is 10.8. The molecule has 0 saturated heterocycles. The highest BCUT2D eigenvalue weighted by Crippen LogP contribution is 2.19. The number of allylic oxidation sites excluding steroid dienone is 3. The van der Waals surface area contributed by atoms with Gasteiger partial charge in [-0.25, -0.2) is 0 Å². The van der Waals surface area contributed by atoms with Crippen molar-refractivity contribution < 1.29 is 14.3 Å². The first-order chi connectivity index (χ1) is 14.1. The zero-order valence-electron chi connectivity index (χ0n) is 16.2. The fourth-order valence-electron chi connectivity index (χ4n) is 2.67. The highest BCUT2D eigenvalue weighted by Gasteiger charge is 2.08. The van der Waals surface area contributed by atoms with Gasteiger partial charge in [0.05, 0.1) is 18.8 Å². The number of methoxy groups -OCH3 is 1. The Morgan fingerprint density at radius 2 is 1.93 bits per heavy atom. The van der Waals surface area contributed by atoms with Crippen LogP contribution in [0.1, 0.15) is 15.9 Å². The summed E-state index contributed by atoms with van der Waals surface area (Å²) in [6.07, 6.45) is 6.78. The first-order valence-corrected chi connectivity index (χ1v) is 9.06. The van der Waals surface area contributed by atoms with Gasteiger partial charge in [-0.15, -0.1) is 0 Å². The second-order valence-corrected chi connectivity index (χ2v) is 6.27. The van der Waals surface area contributed by atoms with E-state index in [-0.39, 0.29) is 5.91 Å². The number of amides is 1. The summed E-state index contributed by atoms with van der Waals surface area (Å²) in [5, 5.41) is 3.84. The van der Waals surface area contributed by atoms with Crippen LogP contribution in [0.3, 0.4) is 0 Å². The summed E-state index contributed by atoms with van der Waals surface area (Å²) in [5.74, 6) is 1.72. The van der Waals surface area contributed by atoms with Gasteiger partial charge in [-0.2, -0.15) is 0 Å². The normalized spacial score (nSPS) is 10.7. The second-order valence-electron chi connectivity index (χ2n) is 6.27. The summed E-state index contributed by atoms with van der Waals surface area (Å²) in [5.41, 5.74) is 2.26. The van der Waals surface area contributed by atoms with Crippen LogP contribution < -0.4 is 14.8 Å². The second kappa shape index (κ2) is 9.37. The summed E-state index contributed by atoms with van der Waals surface area (Å²) in [6, 6.07) is 14.8. The topological polar surface area (TPSA) is 60.5 Å². The number of hydrogen-bond donors (Lipinski definition) is 1. The van der Waals surface area contributed by atoms with E-state index in [0.29, 0.717) is 29.4 Å². The van der Waals surface area contributed by atoms with Gasteiger partial charge in [-0.1, -0.05) is 43.5 Å². The molecule has 29 heavy (non-hydrogen) atoms. The van der Waals surface area contributed by atoms with Crippen LogP contribution >= 0.6 is 0 Å². The molecule has 0 bridgehead atoms. The minimum atomic E-state index is -0.159. The molecule has 1 aromatic heterocycles. The lowest BCUT2D eigenvalue weighted by Gasteiger charge is -2.09.